The van der Waals surface area contributed by atoms with Gasteiger partial charge in [0.05, 0.1) is 0 Å². The van der Waals surface area contributed by atoms with Crippen LogP contribution >= 0.6 is 0 Å². The number of nitrogens with two attached hydrogens (primary N) is 1. The fourth-order valence-corrected chi connectivity index (χ4v) is 3.29. The van der Waals surface area contributed by atoms with Crippen molar-refractivity contribution in [3.05, 3.63) is 0 Å². The van der Waals surface area contributed by atoms with Crippen molar-refractivity contribution in [2.45, 2.75) is 64.8 Å². The highest BCUT2D eigenvalue weighted by Gasteiger charge is 2.38. The van der Waals surface area contributed by atoms with Crippen molar-refractivity contribution in [1.82, 2.24) is 4.90 Å². The van der Waals surface area contributed by atoms with Crippen molar-refractivity contribution in [3.63, 3.8) is 0 Å². The summed E-state index contributed by atoms with van der Waals surface area (Å²) in [7, 11) is 2.29. The molecule has 0 aliphatic heterocycles. The molecule has 1 rings (SSSR count). The second-order valence-electron chi connectivity index (χ2n) is 6.19. The molecule has 0 aromatic rings. The minimum Gasteiger partial charge on any atom is -0.329 e. The molecule has 0 spiro atoms. The van der Waals surface area contributed by atoms with Crippen LogP contribution in [0, 0.1) is 11.8 Å². The number of rotatable bonds is 6. The highest BCUT2D eigenvalue weighted by molar-refractivity contribution is 4.95. The number of hydrogen-bond donors (Lipinski definition) is 1. The summed E-state index contributed by atoms with van der Waals surface area (Å²) in [4.78, 5) is 2.57. The Morgan fingerprint density at radius 3 is 2.65 bits per heavy atom. The molecule has 1 fully saturated rings. The minimum atomic E-state index is 0.294. The summed E-state index contributed by atoms with van der Waals surface area (Å²) in [5, 5.41) is 0. The zero-order chi connectivity index (χ0) is 12.9. The van der Waals surface area contributed by atoms with E-state index in [1.54, 1.807) is 0 Å². The van der Waals surface area contributed by atoms with E-state index in [1.807, 2.05) is 0 Å². The Morgan fingerprint density at radius 1 is 1.41 bits per heavy atom. The van der Waals surface area contributed by atoms with E-state index in [-0.39, 0.29) is 0 Å². The first-order valence-corrected chi connectivity index (χ1v) is 7.49. The van der Waals surface area contributed by atoms with Gasteiger partial charge in [0.15, 0.2) is 0 Å². The second kappa shape index (κ2) is 6.75. The summed E-state index contributed by atoms with van der Waals surface area (Å²) in [6.07, 6.45) is 7.97. The summed E-state index contributed by atoms with van der Waals surface area (Å²) < 4.78 is 0. The van der Waals surface area contributed by atoms with E-state index in [4.69, 9.17) is 5.73 Å². The predicted molar refractivity (Wildman–Crippen MR) is 76.1 cm³/mol. The van der Waals surface area contributed by atoms with Gasteiger partial charge in [0.2, 0.25) is 0 Å². The Bertz CT molecular complexity index is 217. The van der Waals surface area contributed by atoms with Crippen LogP contribution in [0.25, 0.3) is 0 Å². The maximum absolute atomic E-state index is 6.13. The van der Waals surface area contributed by atoms with E-state index in [2.05, 4.69) is 32.7 Å². The lowest BCUT2D eigenvalue weighted by Crippen LogP contribution is -2.55. The summed E-state index contributed by atoms with van der Waals surface area (Å²) >= 11 is 0. The van der Waals surface area contributed by atoms with E-state index < -0.39 is 0 Å². The molecular formula is C15H32N2. The van der Waals surface area contributed by atoms with Gasteiger partial charge in [-0.1, -0.05) is 46.5 Å². The first kappa shape index (κ1) is 15.0. The molecule has 0 aromatic heterocycles. The lowest BCUT2D eigenvalue weighted by Gasteiger charge is -2.47. The van der Waals surface area contributed by atoms with Crippen molar-refractivity contribution in [2.75, 3.05) is 20.1 Å². The Hall–Kier alpha value is -0.0800. The summed E-state index contributed by atoms with van der Waals surface area (Å²) in [6, 6.07) is 0. The van der Waals surface area contributed by atoms with Gasteiger partial charge in [-0.05, 0) is 31.7 Å². The second-order valence-corrected chi connectivity index (χ2v) is 6.19. The minimum absolute atomic E-state index is 0.294. The number of hydrogen-bond acceptors (Lipinski definition) is 2. The highest BCUT2D eigenvalue weighted by Crippen LogP contribution is 2.37. The van der Waals surface area contributed by atoms with Crippen LogP contribution in [0.2, 0.25) is 0 Å². The Labute approximate surface area is 108 Å². The Balaban J connectivity index is 2.65. The van der Waals surface area contributed by atoms with Crippen molar-refractivity contribution in [1.29, 1.82) is 0 Å². The van der Waals surface area contributed by atoms with Gasteiger partial charge in [-0.25, -0.2) is 0 Å². The standard InChI is InChI=1S/C15H32N2/c1-5-13(3)11-17(4)15(12-16)9-7-8-14(6-2)10-15/h13-14H,5-12,16H2,1-4H3. The zero-order valence-corrected chi connectivity index (χ0v) is 12.3. The van der Waals surface area contributed by atoms with Crippen LogP contribution in [0.4, 0.5) is 0 Å². The van der Waals surface area contributed by atoms with Crippen molar-refractivity contribution >= 4 is 0 Å². The number of likely N-dealkylation sites (N-methyl/N-ethyl adjacent to an activating group) is 1. The molecule has 3 unspecified atom stereocenters. The van der Waals surface area contributed by atoms with E-state index in [0.717, 1.165) is 18.4 Å². The van der Waals surface area contributed by atoms with Gasteiger partial charge in [0.25, 0.3) is 0 Å². The molecule has 1 saturated carbocycles. The SMILES string of the molecule is CCC(C)CN(C)C1(CN)CCCC(CC)C1. The van der Waals surface area contributed by atoms with Crippen LogP contribution in [-0.2, 0) is 0 Å². The van der Waals surface area contributed by atoms with Gasteiger partial charge in [-0.15, -0.1) is 0 Å². The average Bonchev–Trinajstić information content (AvgIpc) is 2.38. The van der Waals surface area contributed by atoms with Crippen molar-refractivity contribution in [3.8, 4) is 0 Å². The Kier molecular flexibility index (Phi) is 5.94. The van der Waals surface area contributed by atoms with E-state index in [9.17, 15) is 0 Å². The molecule has 0 aromatic carbocycles. The lowest BCUT2D eigenvalue weighted by atomic mass is 9.73. The van der Waals surface area contributed by atoms with Gasteiger partial charge in [0, 0.05) is 18.6 Å². The molecule has 2 nitrogen and oxygen atoms in total. The molecule has 1 aliphatic carbocycles. The molecule has 3 atom stereocenters. The molecule has 2 heteroatoms. The quantitative estimate of drug-likeness (QED) is 0.772. The van der Waals surface area contributed by atoms with Gasteiger partial charge >= 0.3 is 0 Å². The molecule has 102 valence electrons. The molecule has 0 saturated heterocycles. The third kappa shape index (κ3) is 3.69. The maximum Gasteiger partial charge on any atom is 0.0331 e. The molecule has 0 radical (unpaired) electrons. The third-order valence-electron chi connectivity index (χ3n) is 4.97. The Morgan fingerprint density at radius 2 is 2.12 bits per heavy atom. The van der Waals surface area contributed by atoms with Crippen LogP contribution in [0.15, 0.2) is 0 Å². The van der Waals surface area contributed by atoms with Gasteiger partial charge < -0.3 is 5.73 Å². The molecule has 17 heavy (non-hydrogen) atoms. The summed E-state index contributed by atoms with van der Waals surface area (Å²) in [6.45, 7) is 8.98. The fourth-order valence-electron chi connectivity index (χ4n) is 3.29. The predicted octanol–water partition coefficient (Wildman–Crippen LogP) is 3.26. The monoisotopic (exact) mass is 240 g/mol. The zero-order valence-electron chi connectivity index (χ0n) is 12.3. The number of nitrogens with zero attached hydrogens (tertiary/aromatic N) is 1. The van der Waals surface area contributed by atoms with E-state index in [0.29, 0.717) is 5.54 Å². The van der Waals surface area contributed by atoms with Crippen LogP contribution in [0.3, 0.4) is 0 Å². The smallest absolute Gasteiger partial charge is 0.0331 e. The first-order chi connectivity index (χ1) is 8.07. The van der Waals surface area contributed by atoms with E-state index >= 15 is 0 Å². The van der Waals surface area contributed by atoms with E-state index in [1.165, 1.54) is 45.1 Å². The van der Waals surface area contributed by atoms with Crippen molar-refractivity contribution < 1.29 is 0 Å². The first-order valence-electron chi connectivity index (χ1n) is 7.49. The summed E-state index contributed by atoms with van der Waals surface area (Å²) in [5.74, 6) is 1.68. The summed E-state index contributed by atoms with van der Waals surface area (Å²) in [5.41, 5.74) is 6.43. The van der Waals surface area contributed by atoms with Gasteiger partial charge in [-0.2, -0.15) is 0 Å². The molecule has 0 heterocycles. The van der Waals surface area contributed by atoms with Crippen LogP contribution in [0.1, 0.15) is 59.3 Å². The molecule has 0 bridgehead atoms. The van der Waals surface area contributed by atoms with Crippen LogP contribution in [0.5, 0.6) is 0 Å². The van der Waals surface area contributed by atoms with Gasteiger partial charge in [-0.3, -0.25) is 4.90 Å². The maximum atomic E-state index is 6.13. The van der Waals surface area contributed by atoms with Crippen LogP contribution in [-0.4, -0.2) is 30.6 Å². The molecule has 0 amide bonds. The fraction of sp³-hybridized carbons (Fsp3) is 1.00. The lowest BCUT2D eigenvalue weighted by molar-refractivity contribution is 0.0457. The van der Waals surface area contributed by atoms with Crippen molar-refractivity contribution in [2.24, 2.45) is 17.6 Å². The largest absolute Gasteiger partial charge is 0.329 e. The third-order valence-corrected chi connectivity index (χ3v) is 4.97. The van der Waals surface area contributed by atoms with Gasteiger partial charge in [0.1, 0.15) is 0 Å². The van der Waals surface area contributed by atoms with Crippen LogP contribution < -0.4 is 5.73 Å². The highest BCUT2D eigenvalue weighted by atomic mass is 15.2. The normalized spacial score (nSPS) is 31.8. The average molecular weight is 240 g/mol. The molecule has 2 N–H and O–H groups in total. The molecular weight excluding hydrogens is 208 g/mol. The topological polar surface area (TPSA) is 29.3 Å². The molecule has 1 aliphatic rings.